The lowest BCUT2D eigenvalue weighted by atomic mass is 10.0. The van der Waals surface area contributed by atoms with Crippen LogP contribution in [0.1, 0.15) is 77.1 Å². The number of hydroxylamine groups is 1. The van der Waals surface area contributed by atoms with E-state index in [-0.39, 0.29) is 53.1 Å². The van der Waals surface area contributed by atoms with Crippen LogP contribution in [-0.2, 0) is 21.0 Å². The average molecular weight is 526 g/mol. The molecule has 38 heavy (non-hydrogen) atoms. The lowest BCUT2D eigenvalue weighted by Gasteiger charge is -2.11. The zero-order valence-electron chi connectivity index (χ0n) is 20.4. The standard InChI is InChI=1S/C26H26N2O10/c1-2-37-26(36)17-6-7-19(24(32)33)18(13-17)15-38-28-11-4-3-10-27-23(31)21-14-16(22(30)9-12-29)5-8-20(21)25(34)35/h5-9,13-14,28H,2-4,10-11,15H2,1H3,(H,27,31)(H,32,33)(H,34,35). The topological polar surface area (TPSA) is 185 Å². The van der Waals surface area contributed by atoms with Crippen LogP contribution < -0.4 is 10.8 Å². The highest BCUT2D eigenvalue weighted by Gasteiger charge is 2.19. The fraction of sp³-hybridized carbons (Fsp3) is 0.269. The number of carbonyl (C=O) groups excluding carboxylic acids is 4. The summed E-state index contributed by atoms with van der Waals surface area (Å²) in [6.45, 7) is 2.25. The van der Waals surface area contributed by atoms with Crippen LogP contribution in [0.25, 0.3) is 0 Å². The molecule has 0 saturated heterocycles. The highest BCUT2D eigenvalue weighted by atomic mass is 16.6. The first-order chi connectivity index (χ1) is 18.2. The molecule has 0 saturated carbocycles. The number of benzene rings is 2. The van der Waals surface area contributed by atoms with Crippen LogP contribution >= 0.6 is 0 Å². The van der Waals surface area contributed by atoms with Gasteiger partial charge >= 0.3 is 17.9 Å². The van der Waals surface area contributed by atoms with E-state index in [9.17, 15) is 39.0 Å². The minimum Gasteiger partial charge on any atom is -0.478 e. The summed E-state index contributed by atoms with van der Waals surface area (Å²) in [7, 11) is 0. The normalized spacial score (nSPS) is 10.2. The number of ketones is 1. The van der Waals surface area contributed by atoms with Gasteiger partial charge in [-0.3, -0.25) is 14.4 Å². The van der Waals surface area contributed by atoms with Crippen LogP contribution in [0.15, 0.2) is 42.5 Å². The van der Waals surface area contributed by atoms with Crippen molar-refractivity contribution in [1.82, 2.24) is 10.8 Å². The molecule has 0 heterocycles. The summed E-state index contributed by atoms with van der Waals surface area (Å²) in [5, 5.41) is 21.2. The van der Waals surface area contributed by atoms with Crippen LogP contribution in [0.5, 0.6) is 0 Å². The second-order valence-corrected chi connectivity index (χ2v) is 7.74. The van der Waals surface area contributed by atoms with Gasteiger partial charge in [-0.25, -0.2) is 24.7 Å². The fourth-order valence-electron chi connectivity index (χ4n) is 3.29. The molecule has 1 amide bonds. The zero-order valence-corrected chi connectivity index (χ0v) is 20.4. The van der Waals surface area contributed by atoms with Crippen molar-refractivity contribution in [3.05, 3.63) is 75.9 Å². The molecule has 2 aromatic carbocycles. The van der Waals surface area contributed by atoms with Gasteiger partial charge in [0.05, 0.1) is 41.5 Å². The highest BCUT2D eigenvalue weighted by Crippen LogP contribution is 2.15. The van der Waals surface area contributed by atoms with E-state index in [1.807, 2.05) is 0 Å². The summed E-state index contributed by atoms with van der Waals surface area (Å²) in [5.41, 5.74) is 2.60. The van der Waals surface area contributed by atoms with E-state index in [1.165, 1.54) is 30.2 Å². The van der Waals surface area contributed by atoms with Crippen molar-refractivity contribution in [2.24, 2.45) is 0 Å². The SMILES string of the molecule is CCOC(=O)c1ccc(C(=O)O)c(CONCCCCNC(=O)c2cc(C(=O)C=C=O)ccc2C(=O)O)c1. The van der Waals surface area contributed by atoms with Crippen LogP contribution in [0.3, 0.4) is 0 Å². The zero-order chi connectivity index (χ0) is 28.1. The maximum absolute atomic E-state index is 12.5. The van der Waals surface area contributed by atoms with Crippen molar-refractivity contribution in [2.45, 2.75) is 26.4 Å². The van der Waals surface area contributed by atoms with E-state index >= 15 is 0 Å². The first-order valence-electron chi connectivity index (χ1n) is 11.5. The maximum atomic E-state index is 12.5. The van der Waals surface area contributed by atoms with Crippen molar-refractivity contribution in [2.75, 3.05) is 19.7 Å². The minimum atomic E-state index is -1.35. The number of rotatable bonds is 15. The van der Waals surface area contributed by atoms with Gasteiger partial charge in [-0.15, -0.1) is 0 Å². The van der Waals surface area contributed by atoms with Crippen molar-refractivity contribution < 1.29 is 48.6 Å². The third kappa shape index (κ3) is 8.49. The van der Waals surface area contributed by atoms with E-state index < -0.39 is 29.6 Å². The summed E-state index contributed by atoms with van der Waals surface area (Å²) >= 11 is 0. The van der Waals surface area contributed by atoms with E-state index in [0.717, 1.165) is 12.1 Å². The minimum absolute atomic E-state index is 0.0174. The first kappa shape index (κ1) is 29.6. The van der Waals surface area contributed by atoms with E-state index in [4.69, 9.17) is 9.57 Å². The van der Waals surface area contributed by atoms with E-state index in [0.29, 0.717) is 25.5 Å². The van der Waals surface area contributed by atoms with Crippen LogP contribution in [0.2, 0.25) is 0 Å². The van der Waals surface area contributed by atoms with Gasteiger partial charge in [-0.2, -0.15) is 0 Å². The van der Waals surface area contributed by atoms with Gasteiger partial charge in [-0.05, 0) is 55.7 Å². The molecule has 0 aliphatic rings. The third-order valence-electron chi connectivity index (χ3n) is 5.14. The van der Waals surface area contributed by atoms with Gasteiger partial charge in [0.25, 0.3) is 5.91 Å². The number of allylic oxidation sites excluding steroid dienone is 1. The van der Waals surface area contributed by atoms with Crippen LogP contribution in [0, 0.1) is 0 Å². The highest BCUT2D eigenvalue weighted by molar-refractivity contribution is 6.11. The molecule has 0 aromatic heterocycles. The molecule has 200 valence electrons. The smallest absolute Gasteiger partial charge is 0.338 e. The molecule has 0 atom stereocenters. The molecule has 0 spiro atoms. The molecule has 0 radical (unpaired) electrons. The summed E-state index contributed by atoms with van der Waals surface area (Å²) in [6, 6.07) is 7.48. The number of hydrogen-bond donors (Lipinski definition) is 4. The van der Waals surface area contributed by atoms with E-state index in [2.05, 4.69) is 10.8 Å². The first-order valence-corrected chi connectivity index (χ1v) is 11.5. The number of carbonyl (C=O) groups is 5. The van der Waals surface area contributed by atoms with Gasteiger partial charge < -0.3 is 20.3 Å². The van der Waals surface area contributed by atoms with Crippen molar-refractivity contribution in [3.8, 4) is 0 Å². The van der Waals surface area contributed by atoms with Crippen molar-refractivity contribution in [1.29, 1.82) is 0 Å². The molecule has 2 rings (SSSR count). The molecule has 0 unspecified atom stereocenters. The largest absolute Gasteiger partial charge is 0.478 e. The Hall–Kier alpha value is -4.64. The summed E-state index contributed by atoms with van der Waals surface area (Å²) in [6.07, 6.45) is 1.66. The summed E-state index contributed by atoms with van der Waals surface area (Å²) < 4.78 is 4.92. The number of carboxylic acids is 2. The molecule has 0 aliphatic carbocycles. The number of nitrogens with one attached hydrogen (secondary N) is 2. The molecule has 4 N–H and O–H groups in total. The summed E-state index contributed by atoms with van der Waals surface area (Å²) in [5.74, 6) is -3.16. The number of ether oxygens (including phenoxy) is 1. The van der Waals surface area contributed by atoms with E-state index in [1.54, 1.807) is 6.92 Å². The molecule has 12 nitrogen and oxygen atoms in total. The van der Waals surface area contributed by atoms with Crippen LogP contribution in [-0.4, -0.2) is 65.4 Å². The second-order valence-electron chi connectivity index (χ2n) is 7.74. The van der Waals surface area contributed by atoms with Crippen molar-refractivity contribution in [3.63, 3.8) is 0 Å². The Kier molecular flexibility index (Phi) is 11.5. The Morgan fingerprint density at radius 3 is 2.21 bits per heavy atom. The van der Waals surface area contributed by atoms with Gasteiger partial charge in [0.15, 0.2) is 5.78 Å². The Bertz CT molecular complexity index is 1260. The Labute approximate surface area is 217 Å². The van der Waals surface area contributed by atoms with Gasteiger partial charge in [0.2, 0.25) is 0 Å². The third-order valence-corrected chi connectivity index (χ3v) is 5.14. The lowest BCUT2D eigenvalue weighted by molar-refractivity contribution is 0.0263. The number of aromatic carboxylic acids is 2. The van der Waals surface area contributed by atoms with Crippen molar-refractivity contribution >= 4 is 35.5 Å². The molecule has 2 aromatic rings. The quantitative estimate of drug-likeness (QED) is 0.0665. The number of esters is 1. The Balaban J connectivity index is 1.84. The number of hydrogen-bond acceptors (Lipinski definition) is 9. The molecular weight excluding hydrogens is 500 g/mol. The predicted molar refractivity (Wildman–Crippen MR) is 132 cm³/mol. The molecule has 0 fully saturated rings. The Morgan fingerprint density at radius 2 is 1.55 bits per heavy atom. The number of carboxylic acid groups (broad SMARTS) is 2. The molecular formula is C26H26N2O10. The molecule has 12 heteroatoms. The second kappa shape index (κ2) is 14.8. The molecule has 0 bridgehead atoms. The number of unbranched alkanes of at least 4 members (excludes halogenated alkanes) is 1. The molecule has 0 aliphatic heterocycles. The summed E-state index contributed by atoms with van der Waals surface area (Å²) in [4.78, 5) is 74.8. The van der Waals surface area contributed by atoms with Gasteiger partial charge in [0.1, 0.15) is 5.94 Å². The fourth-order valence-corrected chi connectivity index (χ4v) is 3.29. The van der Waals surface area contributed by atoms with Crippen LogP contribution in [0.4, 0.5) is 0 Å². The monoisotopic (exact) mass is 526 g/mol. The maximum Gasteiger partial charge on any atom is 0.338 e. The van der Waals surface area contributed by atoms with Gasteiger partial charge in [0, 0.05) is 18.7 Å². The Morgan fingerprint density at radius 1 is 0.895 bits per heavy atom. The number of amides is 1. The lowest BCUT2D eigenvalue weighted by Crippen LogP contribution is -2.27. The average Bonchev–Trinajstić information content (AvgIpc) is 2.89. The van der Waals surface area contributed by atoms with Gasteiger partial charge in [-0.1, -0.05) is 6.07 Å². The predicted octanol–water partition coefficient (Wildman–Crippen LogP) is 2.06.